The van der Waals surface area contributed by atoms with Gasteiger partial charge in [0.15, 0.2) is 0 Å². The maximum atomic E-state index is 6.28. The number of rotatable bonds is 16. The van der Waals surface area contributed by atoms with Gasteiger partial charge in [-0.2, -0.15) is 0 Å². The van der Waals surface area contributed by atoms with Crippen molar-refractivity contribution in [1.29, 1.82) is 0 Å². The predicted molar refractivity (Wildman–Crippen MR) is 234 cm³/mol. The number of aryl methyl sites for hydroxylation is 2. The van der Waals surface area contributed by atoms with E-state index in [4.69, 9.17) is 9.47 Å². The number of benzene rings is 3. The van der Waals surface area contributed by atoms with Crippen LogP contribution in [-0.4, -0.2) is 19.3 Å². The Kier molecular flexibility index (Phi) is 22.6. The van der Waals surface area contributed by atoms with Crippen LogP contribution < -0.4 is 4.74 Å². The number of ether oxygens (including phenoxy) is 2. The van der Waals surface area contributed by atoms with Gasteiger partial charge >= 0.3 is 0 Å². The van der Waals surface area contributed by atoms with Gasteiger partial charge in [0.05, 0.1) is 19.3 Å². The van der Waals surface area contributed by atoms with E-state index in [0.717, 1.165) is 43.6 Å². The lowest BCUT2D eigenvalue weighted by molar-refractivity contribution is 0.0857. The maximum absolute atomic E-state index is 6.28. The predicted octanol–water partition coefficient (Wildman–Crippen LogP) is 14.6. The van der Waals surface area contributed by atoms with Crippen molar-refractivity contribution in [2.75, 3.05) is 13.2 Å². The lowest BCUT2D eigenvalue weighted by Crippen LogP contribution is -2.22. The van der Waals surface area contributed by atoms with Crippen molar-refractivity contribution in [3.05, 3.63) is 167 Å². The van der Waals surface area contributed by atoms with E-state index < -0.39 is 0 Å². The van der Waals surface area contributed by atoms with E-state index in [-0.39, 0.29) is 6.10 Å². The van der Waals surface area contributed by atoms with Gasteiger partial charge in [-0.15, -0.1) is 0 Å². The molecule has 0 spiro atoms. The summed E-state index contributed by atoms with van der Waals surface area (Å²) >= 11 is 0. The molecule has 0 fully saturated rings. The van der Waals surface area contributed by atoms with Crippen LogP contribution in [0.15, 0.2) is 139 Å². The minimum atomic E-state index is 0.120. The first-order chi connectivity index (χ1) is 26.0. The molecule has 0 radical (unpaired) electrons. The van der Waals surface area contributed by atoms with Crippen molar-refractivity contribution in [3.63, 3.8) is 0 Å². The van der Waals surface area contributed by atoms with Crippen LogP contribution in [0, 0.1) is 0 Å². The first kappa shape index (κ1) is 45.0. The molecule has 2 aliphatic carbocycles. The molecule has 0 saturated heterocycles. The van der Waals surface area contributed by atoms with E-state index in [9.17, 15) is 0 Å². The molecule has 0 aromatic heterocycles. The minimum Gasteiger partial charge on any atom is -0.493 e. The van der Waals surface area contributed by atoms with Crippen molar-refractivity contribution >= 4 is 5.57 Å². The quantitative estimate of drug-likeness (QED) is 0.138. The molecule has 2 heteroatoms. The third kappa shape index (κ3) is 14.7. The molecule has 2 aliphatic rings. The van der Waals surface area contributed by atoms with Gasteiger partial charge < -0.3 is 9.47 Å². The van der Waals surface area contributed by atoms with Crippen molar-refractivity contribution < 1.29 is 9.47 Å². The fourth-order valence-electron chi connectivity index (χ4n) is 6.75. The Balaban J connectivity index is 0.000000478. The molecule has 0 bridgehead atoms. The highest BCUT2D eigenvalue weighted by molar-refractivity contribution is 5.87. The molecule has 3 aromatic carbocycles. The summed E-state index contributed by atoms with van der Waals surface area (Å²) in [6.07, 6.45) is 22.6. The van der Waals surface area contributed by atoms with Gasteiger partial charge in [-0.3, -0.25) is 0 Å². The second-order valence-electron chi connectivity index (χ2n) is 13.1. The third-order valence-electron chi connectivity index (χ3n) is 9.55. The third-order valence-corrected chi connectivity index (χ3v) is 9.55. The van der Waals surface area contributed by atoms with E-state index >= 15 is 0 Å². The van der Waals surface area contributed by atoms with E-state index in [0.29, 0.717) is 12.5 Å². The Morgan fingerprint density at radius 2 is 1.49 bits per heavy atom. The van der Waals surface area contributed by atoms with Crippen LogP contribution in [0.3, 0.4) is 0 Å². The number of allylic oxidation sites excluding steroid dienone is 7. The average molecular weight is 715 g/mol. The van der Waals surface area contributed by atoms with Crippen LogP contribution in [0.25, 0.3) is 5.57 Å². The summed E-state index contributed by atoms with van der Waals surface area (Å²) in [6.45, 7) is 26.4. The molecule has 2 unspecified atom stereocenters. The molecule has 5 rings (SSSR count). The van der Waals surface area contributed by atoms with E-state index in [2.05, 4.69) is 138 Å². The van der Waals surface area contributed by atoms with Crippen LogP contribution >= 0.6 is 0 Å². The normalized spacial score (nSPS) is 15.9. The zero-order chi connectivity index (χ0) is 38.8. The molecule has 0 aliphatic heterocycles. The first-order valence-corrected chi connectivity index (χ1v) is 20.6. The Hall–Kier alpha value is -4.14. The van der Waals surface area contributed by atoms with E-state index in [1.165, 1.54) is 76.6 Å². The van der Waals surface area contributed by atoms with Crippen LogP contribution in [-0.2, 0) is 24.0 Å². The van der Waals surface area contributed by atoms with Crippen LogP contribution in [0.1, 0.15) is 128 Å². The summed E-state index contributed by atoms with van der Waals surface area (Å²) in [5.74, 6) is 1.29. The lowest BCUT2D eigenvalue weighted by atomic mass is 9.71. The SMILES string of the molecule is C=C/C=C\C(=C/C)CCOc1ccc2c(c1)C(=C)C1=C(CC(OCCc3ccccc3)C=C1)C2CC.CC.CC.CCCCc1ccc(CCC)cc1. The van der Waals surface area contributed by atoms with Gasteiger partial charge in [0.1, 0.15) is 5.75 Å². The fraction of sp³-hybridized carbons (Fsp3) is 0.412. The largest absolute Gasteiger partial charge is 0.493 e. The highest BCUT2D eigenvalue weighted by Gasteiger charge is 2.31. The minimum absolute atomic E-state index is 0.120. The fourth-order valence-corrected chi connectivity index (χ4v) is 6.75. The summed E-state index contributed by atoms with van der Waals surface area (Å²) in [4.78, 5) is 0. The molecule has 0 saturated carbocycles. The smallest absolute Gasteiger partial charge is 0.119 e. The summed E-state index contributed by atoms with van der Waals surface area (Å²) in [5.41, 5.74) is 11.9. The van der Waals surface area contributed by atoms with Crippen LogP contribution in [0.2, 0.25) is 0 Å². The summed E-state index contributed by atoms with van der Waals surface area (Å²) in [5, 5.41) is 0. The molecule has 0 amide bonds. The molecule has 0 heterocycles. The standard InChI is InChI=1S/C34H38O2.C13H20.2C2H6/c1-5-8-12-26(6-2)19-21-35-28-16-18-32-30(7-3)34-24-29(15-17-31(34)25(4)33(32)23-28)36-22-20-27-13-10-9-11-14-27;1-3-5-7-13-10-8-12(6-4-2)9-11-13;2*1-2/h5-6,8-18,23,29-30H,1,4,7,19-22,24H2,2-3H3;8-11H,3-7H2,1-2H3;2*1-2H3/b12-8-,26-6+;;;. The van der Waals surface area contributed by atoms with Crippen molar-refractivity contribution in [2.24, 2.45) is 0 Å². The highest BCUT2D eigenvalue weighted by Crippen LogP contribution is 2.48. The molecule has 2 nitrogen and oxygen atoms in total. The van der Waals surface area contributed by atoms with Gasteiger partial charge in [-0.05, 0) is 102 Å². The van der Waals surface area contributed by atoms with Crippen molar-refractivity contribution in [1.82, 2.24) is 0 Å². The highest BCUT2D eigenvalue weighted by atomic mass is 16.5. The second kappa shape index (κ2) is 26.6. The van der Waals surface area contributed by atoms with Gasteiger partial charge in [0.2, 0.25) is 0 Å². The first-order valence-electron chi connectivity index (χ1n) is 20.6. The molecule has 0 N–H and O–H groups in total. The van der Waals surface area contributed by atoms with Crippen molar-refractivity contribution in [2.45, 2.75) is 125 Å². The van der Waals surface area contributed by atoms with Gasteiger partial charge in [-0.1, -0.05) is 177 Å². The molecule has 53 heavy (non-hydrogen) atoms. The zero-order valence-electron chi connectivity index (χ0n) is 34.6. The zero-order valence-corrected chi connectivity index (χ0v) is 34.6. The molecule has 286 valence electrons. The van der Waals surface area contributed by atoms with Crippen molar-refractivity contribution in [3.8, 4) is 5.75 Å². The Bertz CT molecular complexity index is 1600. The number of hydrogen-bond donors (Lipinski definition) is 0. The molecular weight excluding hydrogens is 645 g/mol. The van der Waals surface area contributed by atoms with Crippen LogP contribution in [0.5, 0.6) is 5.75 Å². The topological polar surface area (TPSA) is 18.5 Å². The van der Waals surface area contributed by atoms with Gasteiger partial charge in [0.25, 0.3) is 0 Å². The monoisotopic (exact) mass is 715 g/mol. The average Bonchev–Trinajstić information content (AvgIpc) is 3.21. The number of unbranched alkanes of at least 4 members (excludes halogenated alkanes) is 1. The van der Waals surface area contributed by atoms with E-state index in [1.807, 2.05) is 33.8 Å². The second-order valence-corrected chi connectivity index (χ2v) is 13.1. The molecular formula is C51H70O2. The summed E-state index contributed by atoms with van der Waals surface area (Å²) < 4.78 is 12.4. The Morgan fingerprint density at radius 3 is 2.11 bits per heavy atom. The lowest BCUT2D eigenvalue weighted by Gasteiger charge is -2.35. The molecule has 2 atom stereocenters. The maximum Gasteiger partial charge on any atom is 0.119 e. The number of hydrogen-bond acceptors (Lipinski definition) is 2. The van der Waals surface area contributed by atoms with E-state index in [1.54, 1.807) is 6.08 Å². The Labute approximate surface area is 325 Å². The number of fused-ring (bicyclic) bond motifs is 1. The summed E-state index contributed by atoms with van der Waals surface area (Å²) in [6, 6.07) is 26.2. The van der Waals surface area contributed by atoms with Gasteiger partial charge in [-0.25, -0.2) is 0 Å². The molecule has 3 aromatic rings. The summed E-state index contributed by atoms with van der Waals surface area (Å²) in [7, 11) is 0. The van der Waals surface area contributed by atoms with Crippen LogP contribution in [0.4, 0.5) is 0 Å². The Morgan fingerprint density at radius 1 is 0.811 bits per heavy atom. The van der Waals surface area contributed by atoms with Gasteiger partial charge in [0, 0.05) is 12.3 Å².